The molecule has 10 heteroatoms. The zero-order valence-corrected chi connectivity index (χ0v) is 17.3. The van der Waals surface area contributed by atoms with Gasteiger partial charge in [-0.15, -0.1) is 11.6 Å². The summed E-state index contributed by atoms with van der Waals surface area (Å²) < 4.78 is 7.35. The second-order valence-electron chi connectivity index (χ2n) is 6.55. The number of esters is 1. The van der Waals surface area contributed by atoms with Crippen molar-refractivity contribution in [2.24, 2.45) is 0 Å². The Morgan fingerprint density at radius 3 is 2.79 bits per heavy atom. The van der Waals surface area contributed by atoms with E-state index >= 15 is 0 Å². The number of ether oxygens (including phenoxy) is 1. The summed E-state index contributed by atoms with van der Waals surface area (Å²) in [5.41, 5.74) is 8.92. The molecule has 1 unspecified atom stereocenters. The molecular weight excluding hydrogens is 403 g/mol. The smallest absolute Gasteiger partial charge is 0.311 e. The van der Waals surface area contributed by atoms with Crippen molar-refractivity contribution < 1.29 is 9.53 Å². The number of alkyl halides is 1. The van der Waals surface area contributed by atoms with E-state index in [-0.39, 0.29) is 28.9 Å². The second-order valence-corrected chi connectivity index (χ2v) is 7.66. The third-order valence-electron chi connectivity index (χ3n) is 4.27. The molecule has 0 saturated carbocycles. The molecule has 0 bridgehead atoms. The molecule has 28 heavy (non-hydrogen) atoms. The highest BCUT2D eigenvalue weighted by molar-refractivity contribution is 6.33. The van der Waals surface area contributed by atoms with Crippen molar-refractivity contribution in [3.05, 3.63) is 34.5 Å². The molecule has 3 heterocycles. The average Bonchev–Trinajstić information content (AvgIpc) is 3.02. The Morgan fingerprint density at radius 2 is 2.07 bits per heavy atom. The van der Waals surface area contributed by atoms with Crippen molar-refractivity contribution in [1.29, 1.82) is 0 Å². The minimum absolute atomic E-state index is 0.0657. The van der Waals surface area contributed by atoms with Crippen molar-refractivity contribution in [2.45, 2.75) is 45.5 Å². The Balaban J connectivity index is 1.89. The van der Waals surface area contributed by atoms with E-state index in [9.17, 15) is 4.79 Å². The largest absolute Gasteiger partial charge is 0.426 e. The minimum Gasteiger partial charge on any atom is -0.426 e. The van der Waals surface area contributed by atoms with E-state index in [1.54, 1.807) is 17.1 Å². The first-order valence-electron chi connectivity index (χ1n) is 8.70. The summed E-state index contributed by atoms with van der Waals surface area (Å²) in [6.07, 6.45) is 4.07. The van der Waals surface area contributed by atoms with Gasteiger partial charge in [-0.2, -0.15) is 9.97 Å². The van der Waals surface area contributed by atoms with Crippen LogP contribution < -0.4 is 10.5 Å². The van der Waals surface area contributed by atoms with Crippen LogP contribution in [0.5, 0.6) is 5.75 Å². The van der Waals surface area contributed by atoms with Gasteiger partial charge >= 0.3 is 5.97 Å². The molecule has 2 N–H and O–H groups in total. The van der Waals surface area contributed by atoms with Crippen LogP contribution in [-0.4, -0.2) is 35.8 Å². The van der Waals surface area contributed by atoms with Gasteiger partial charge in [0.1, 0.15) is 11.3 Å². The van der Waals surface area contributed by atoms with E-state index in [2.05, 4.69) is 19.9 Å². The Bertz CT molecular complexity index is 1030. The van der Waals surface area contributed by atoms with Crippen LogP contribution in [0, 0.1) is 13.8 Å². The van der Waals surface area contributed by atoms with Crippen molar-refractivity contribution in [3.63, 3.8) is 0 Å². The quantitative estimate of drug-likeness (QED) is 0.368. The lowest BCUT2D eigenvalue weighted by atomic mass is 10.1. The second kappa shape index (κ2) is 8.28. The summed E-state index contributed by atoms with van der Waals surface area (Å²) in [5.74, 6) is 0.251. The number of nitrogens with zero attached hydrogens (tertiary/aromatic N) is 5. The number of nitrogen functional groups attached to an aromatic ring is 1. The van der Waals surface area contributed by atoms with Gasteiger partial charge in [0.2, 0.25) is 5.95 Å². The summed E-state index contributed by atoms with van der Waals surface area (Å²) in [4.78, 5) is 29.0. The number of aryl methyl sites for hydroxylation is 1. The van der Waals surface area contributed by atoms with Crippen molar-refractivity contribution in [3.8, 4) is 5.75 Å². The lowest BCUT2D eigenvalue weighted by Crippen LogP contribution is -2.13. The molecular formula is C18H20Cl2N6O2. The third kappa shape index (κ3) is 4.34. The number of carbonyl (C=O) groups excluding carboxylic acids is 1. The fraction of sp³-hybridized carbons (Fsp3) is 0.389. The van der Waals surface area contributed by atoms with E-state index < -0.39 is 0 Å². The van der Waals surface area contributed by atoms with Gasteiger partial charge in [0.05, 0.1) is 18.6 Å². The van der Waals surface area contributed by atoms with E-state index in [1.165, 1.54) is 0 Å². The third-order valence-corrected chi connectivity index (χ3v) is 4.75. The van der Waals surface area contributed by atoms with Crippen LogP contribution in [0.4, 0.5) is 5.95 Å². The molecule has 8 nitrogen and oxygen atoms in total. The number of nitrogens with two attached hydrogens (primary N) is 1. The molecule has 0 amide bonds. The Kier molecular flexibility index (Phi) is 6.00. The normalized spacial score (nSPS) is 12.3. The number of hydrogen-bond acceptors (Lipinski definition) is 7. The van der Waals surface area contributed by atoms with Gasteiger partial charge in [0.15, 0.2) is 10.8 Å². The number of imidazole rings is 1. The molecule has 0 spiro atoms. The summed E-state index contributed by atoms with van der Waals surface area (Å²) >= 11 is 12.0. The molecule has 3 aromatic heterocycles. The molecule has 0 radical (unpaired) electrons. The molecule has 0 saturated heterocycles. The fourth-order valence-corrected chi connectivity index (χ4v) is 3.09. The van der Waals surface area contributed by atoms with Crippen LogP contribution in [-0.2, 0) is 11.3 Å². The first kappa shape index (κ1) is 20.3. The van der Waals surface area contributed by atoms with Gasteiger partial charge in [-0.25, -0.2) is 4.98 Å². The minimum atomic E-state index is -0.323. The summed E-state index contributed by atoms with van der Waals surface area (Å²) in [5, 5.41) is 0.108. The fourth-order valence-electron chi connectivity index (χ4n) is 2.76. The monoisotopic (exact) mass is 422 g/mol. The van der Waals surface area contributed by atoms with Crippen LogP contribution >= 0.6 is 23.2 Å². The van der Waals surface area contributed by atoms with Gasteiger partial charge in [-0.05, 0) is 27.2 Å². The van der Waals surface area contributed by atoms with E-state index in [0.29, 0.717) is 35.6 Å². The maximum Gasteiger partial charge on any atom is 0.311 e. The number of rotatable bonds is 6. The molecule has 1 atom stereocenters. The maximum absolute atomic E-state index is 12.1. The molecule has 3 aromatic rings. The zero-order valence-electron chi connectivity index (χ0n) is 15.7. The Labute approximate surface area is 172 Å². The predicted molar refractivity (Wildman–Crippen MR) is 108 cm³/mol. The number of aromatic nitrogens is 5. The summed E-state index contributed by atoms with van der Waals surface area (Å²) in [7, 11) is 0. The van der Waals surface area contributed by atoms with Gasteiger partial charge in [0, 0.05) is 29.1 Å². The van der Waals surface area contributed by atoms with E-state index in [4.69, 9.17) is 33.7 Å². The standard InChI is InChI=1S/C18H20Cl2N6O2/c1-9-6-22-12(11(3)15(9)28-13(27)5-4-10(2)19)7-26-8-23-14-16(20)24-18(21)25-17(14)26/h6,8,10H,4-5,7H2,1-3H3,(H2,21,24,25). The van der Waals surface area contributed by atoms with Crippen LogP contribution in [0.15, 0.2) is 12.5 Å². The Morgan fingerprint density at radius 1 is 1.32 bits per heavy atom. The van der Waals surface area contributed by atoms with Crippen molar-refractivity contribution >= 4 is 46.3 Å². The topological polar surface area (TPSA) is 109 Å². The highest BCUT2D eigenvalue weighted by Gasteiger charge is 2.17. The predicted octanol–water partition coefficient (Wildman–Crippen LogP) is 3.43. The van der Waals surface area contributed by atoms with Gasteiger partial charge in [-0.3, -0.25) is 9.78 Å². The van der Waals surface area contributed by atoms with Crippen LogP contribution in [0.1, 0.15) is 36.6 Å². The number of anilines is 1. The number of halogens is 2. The number of carbonyl (C=O) groups is 1. The Hall–Kier alpha value is -2.45. The summed E-state index contributed by atoms with van der Waals surface area (Å²) in [6, 6.07) is 0. The number of fused-ring (bicyclic) bond motifs is 1. The van der Waals surface area contributed by atoms with E-state index in [0.717, 1.165) is 11.1 Å². The molecule has 0 aromatic carbocycles. The molecule has 3 rings (SSSR count). The van der Waals surface area contributed by atoms with Crippen LogP contribution in [0.2, 0.25) is 5.15 Å². The first-order valence-corrected chi connectivity index (χ1v) is 9.51. The van der Waals surface area contributed by atoms with Crippen molar-refractivity contribution in [1.82, 2.24) is 24.5 Å². The van der Waals surface area contributed by atoms with Gasteiger partial charge < -0.3 is 15.0 Å². The maximum atomic E-state index is 12.1. The molecule has 148 valence electrons. The lowest BCUT2D eigenvalue weighted by Gasteiger charge is -2.14. The molecule has 0 fully saturated rings. The number of hydrogen-bond donors (Lipinski definition) is 1. The molecule has 0 aliphatic carbocycles. The highest BCUT2D eigenvalue weighted by atomic mass is 35.5. The molecule has 0 aliphatic heterocycles. The van der Waals surface area contributed by atoms with E-state index in [1.807, 2.05) is 20.8 Å². The number of pyridine rings is 1. The van der Waals surface area contributed by atoms with Gasteiger partial charge in [0.25, 0.3) is 0 Å². The highest BCUT2D eigenvalue weighted by Crippen LogP contribution is 2.27. The van der Waals surface area contributed by atoms with Gasteiger partial charge in [-0.1, -0.05) is 11.6 Å². The SMILES string of the molecule is Cc1cnc(Cn2cnc3c(Cl)nc(N)nc32)c(C)c1OC(=O)CCC(C)Cl. The summed E-state index contributed by atoms with van der Waals surface area (Å²) in [6.45, 7) is 5.90. The average molecular weight is 423 g/mol. The first-order chi connectivity index (χ1) is 13.3. The van der Waals surface area contributed by atoms with Crippen LogP contribution in [0.25, 0.3) is 11.2 Å². The zero-order chi connectivity index (χ0) is 20.4. The van der Waals surface area contributed by atoms with Crippen LogP contribution in [0.3, 0.4) is 0 Å². The molecule has 0 aliphatic rings. The lowest BCUT2D eigenvalue weighted by molar-refractivity contribution is -0.134. The van der Waals surface area contributed by atoms with Crippen molar-refractivity contribution in [2.75, 3.05) is 5.73 Å².